The summed E-state index contributed by atoms with van der Waals surface area (Å²) in [5.41, 5.74) is 5.00. The van der Waals surface area contributed by atoms with Gasteiger partial charge in [-0.3, -0.25) is 14.8 Å². The smallest absolute Gasteiger partial charge is 0.130 e. The molecule has 0 aromatic carbocycles. The van der Waals surface area contributed by atoms with E-state index in [1.807, 2.05) is 19.1 Å². The fraction of sp³-hybridized carbons (Fsp3) is 0.429. The van der Waals surface area contributed by atoms with Crippen molar-refractivity contribution in [2.45, 2.75) is 26.4 Å². The lowest BCUT2D eigenvalue weighted by Gasteiger charge is -2.35. The Morgan fingerprint density at radius 2 is 2.27 bits per heavy atom. The van der Waals surface area contributed by atoms with Crippen molar-refractivity contribution >= 4 is 11.5 Å². The molecule has 3 aromatic heterocycles. The van der Waals surface area contributed by atoms with E-state index in [1.54, 1.807) is 24.1 Å². The number of hydrogen-bond donors (Lipinski definition) is 1. The summed E-state index contributed by atoms with van der Waals surface area (Å²) in [6, 6.07) is 6.05. The number of morpholine rings is 1. The number of anilines is 1. The monoisotopic (exact) mass is 411 g/mol. The maximum absolute atomic E-state index is 12.8. The van der Waals surface area contributed by atoms with Crippen LogP contribution in [0.5, 0.6) is 0 Å². The Hall–Kier alpha value is -3.07. The zero-order valence-corrected chi connectivity index (χ0v) is 17.5. The largest absolute Gasteiger partial charge is 0.377 e. The Balaban J connectivity index is 1.87. The molecule has 0 radical (unpaired) electrons. The predicted molar refractivity (Wildman–Crippen MR) is 114 cm³/mol. The number of nitrogens with one attached hydrogen (secondary N) is 1. The van der Waals surface area contributed by atoms with E-state index in [1.165, 1.54) is 0 Å². The molecule has 0 amide bonds. The van der Waals surface area contributed by atoms with Crippen LogP contribution in [0.25, 0.3) is 11.3 Å². The molecule has 0 aliphatic carbocycles. The van der Waals surface area contributed by atoms with Crippen molar-refractivity contribution in [2.75, 3.05) is 38.4 Å². The van der Waals surface area contributed by atoms with Gasteiger partial charge in [0.05, 0.1) is 42.9 Å². The molecule has 4 rings (SSSR count). The number of pyridine rings is 1. The molecule has 1 N–H and O–H groups in total. The Morgan fingerprint density at radius 3 is 2.97 bits per heavy atom. The summed E-state index contributed by atoms with van der Waals surface area (Å²) < 4.78 is 20.0. The van der Waals surface area contributed by atoms with Crippen molar-refractivity contribution in [3.8, 4) is 11.3 Å². The van der Waals surface area contributed by atoms with Crippen molar-refractivity contribution in [1.82, 2.24) is 25.0 Å². The van der Waals surface area contributed by atoms with Gasteiger partial charge in [-0.2, -0.15) is 10.2 Å². The number of nitrogens with zero attached hydrogens (tertiary/aromatic N) is 6. The number of halogens is 1. The third-order valence-corrected chi connectivity index (χ3v) is 5.35. The molecule has 8 nitrogen and oxygen atoms in total. The number of aliphatic imine (C=N–C) groups is 1. The SMILES string of the molecule is CN=C(c1ccn[nH]1)c1nc(N2CCOC[C@H]2C)cc(-c2ccn(CCF)n2)c1C. The van der Waals surface area contributed by atoms with Gasteiger partial charge in [0.1, 0.15) is 18.2 Å². The molecule has 0 spiro atoms. The van der Waals surface area contributed by atoms with E-state index >= 15 is 0 Å². The molecule has 1 aliphatic heterocycles. The molecule has 1 aliphatic rings. The highest BCUT2D eigenvalue weighted by molar-refractivity contribution is 6.12. The number of aromatic nitrogens is 5. The van der Waals surface area contributed by atoms with Crippen LogP contribution >= 0.6 is 0 Å². The Bertz CT molecular complexity index is 1030. The van der Waals surface area contributed by atoms with Gasteiger partial charge in [-0.05, 0) is 37.6 Å². The van der Waals surface area contributed by atoms with Gasteiger partial charge < -0.3 is 9.64 Å². The highest BCUT2D eigenvalue weighted by atomic mass is 19.1. The van der Waals surface area contributed by atoms with Crippen LogP contribution in [0.15, 0.2) is 35.6 Å². The van der Waals surface area contributed by atoms with Crippen LogP contribution in [0.3, 0.4) is 0 Å². The molecule has 1 atom stereocenters. The molecular weight excluding hydrogens is 385 g/mol. The summed E-state index contributed by atoms with van der Waals surface area (Å²) in [5, 5.41) is 11.6. The van der Waals surface area contributed by atoms with Crippen molar-refractivity contribution in [1.29, 1.82) is 0 Å². The summed E-state index contributed by atoms with van der Waals surface area (Å²) >= 11 is 0. The molecule has 4 heterocycles. The normalized spacial score (nSPS) is 17.5. The molecule has 0 saturated carbocycles. The van der Waals surface area contributed by atoms with Gasteiger partial charge in [0.2, 0.25) is 0 Å². The highest BCUT2D eigenvalue weighted by Gasteiger charge is 2.25. The first kappa shape index (κ1) is 20.2. The zero-order valence-electron chi connectivity index (χ0n) is 17.5. The third-order valence-electron chi connectivity index (χ3n) is 5.35. The highest BCUT2D eigenvalue weighted by Crippen LogP contribution is 2.30. The maximum Gasteiger partial charge on any atom is 0.130 e. The maximum atomic E-state index is 12.8. The summed E-state index contributed by atoms with van der Waals surface area (Å²) in [6.07, 6.45) is 3.50. The Labute approximate surface area is 174 Å². The lowest BCUT2D eigenvalue weighted by Crippen LogP contribution is -2.44. The molecule has 9 heteroatoms. The van der Waals surface area contributed by atoms with Gasteiger partial charge in [-0.15, -0.1) is 0 Å². The first-order chi connectivity index (χ1) is 14.6. The van der Waals surface area contributed by atoms with Gasteiger partial charge in [-0.1, -0.05) is 0 Å². The van der Waals surface area contributed by atoms with E-state index in [0.29, 0.717) is 13.2 Å². The predicted octanol–water partition coefficient (Wildman–Crippen LogP) is 2.64. The van der Waals surface area contributed by atoms with Gasteiger partial charge in [0.15, 0.2) is 0 Å². The molecule has 3 aromatic rings. The van der Waals surface area contributed by atoms with Crippen LogP contribution in [0, 0.1) is 6.92 Å². The van der Waals surface area contributed by atoms with Crippen molar-refractivity contribution < 1.29 is 9.13 Å². The number of ether oxygens (including phenoxy) is 1. The second-order valence-corrected chi connectivity index (χ2v) is 7.31. The van der Waals surface area contributed by atoms with Crippen LogP contribution in [-0.2, 0) is 11.3 Å². The lowest BCUT2D eigenvalue weighted by molar-refractivity contribution is 0.0985. The number of aromatic amines is 1. The minimum absolute atomic E-state index is 0.202. The van der Waals surface area contributed by atoms with E-state index in [4.69, 9.17) is 9.72 Å². The first-order valence-corrected chi connectivity index (χ1v) is 10.0. The molecule has 0 unspecified atom stereocenters. The van der Waals surface area contributed by atoms with E-state index in [-0.39, 0.29) is 12.6 Å². The fourth-order valence-electron chi connectivity index (χ4n) is 3.76. The third kappa shape index (κ3) is 3.85. The number of rotatable bonds is 6. The number of H-pyrrole nitrogens is 1. The van der Waals surface area contributed by atoms with Crippen LogP contribution in [0.4, 0.5) is 10.2 Å². The Kier molecular flexibility index (Phi) is 5.89. The van der Waals surface area contributed by atoms with E-state index in [0.717, 1.165) is 46.3 Å². The molecular formula is C21H26FN7O. The molecule has 158 valence electrons. The minimum atomic E-state index is -0.454. The topological polar surface area (TPSA) is 84.2 Å². The quantitative estimate of drug-likeness (QED) is 0.631. The summed E-state index contributed by atoms with van der Waals surface area (Å²) in [5.74, 6) is 0.849. The van der Waals surface area contributed by atoms with Gasteiger partial charge >= 0.3 is 0 Å². The standard InChI is InChI=1S/C21H26FN7O/c1-14-13-30-11-10-29(14)19-12-16(17-5-8-28(27-17)9-6-22)15(2)20(25-19)21(23-3)18-4-7-24-26-18/h4-5,7-8,12,14H,6,9-11,13H2,1-3H3,(H,24,26)/t14-/m1/s1. The van der Waals surface area contributed by atoms with Gasteiger partial charge in [0.25, 0.3) is 0 Å². The van der Waals surface area contributed by atoms with Crippen molar-refractivity contribution in [3.05, 3.63) is 47.5 Å². The number of alkyl halides is 1. The average Bonchev–Trinajstić information content (AvgIpc) is 3.43. The average molecular weight is 411 g/mol. The van der Waals surface area contributed by atoms with Crippen LogP contribution in [-0.4, -0.2) is 70.2 Å². The molecule has 30 heavy (non-hydrogen) atoms. The summed E-state index contributed by atoms with van der Waals surface area (Å²) in [6.45, 7) is 5.99. The van der Waals surface area contributed by atoms with Gasteiger partial charge in [-0.25, -0.2) is 9.37 Å². The number of hydrogen-bond acceptors (Lipinski definition) is 6. The Morgan fingerprint density at radius 1 is 1.40 bits per heavy atom. The fourth-order valence-corrected chi connectivity index (χ4v) is 3.76. The lowest BCUT2D eigenvalue weighted by atomic mass is 10.00. The molecule has 0 bridgehead atoms. The summed E-state index contributed by atoms with van der Waals surface area (Å²) in [7, 11) is 1.75. The van der Waals surface area contributed by atoms with Crippen molar-refractivity contribution in [2.24, 2.45) is 4.99 Å². The molecule has 1 fully saturated rings. The van der Waals surface area contributed by atoms with E-state index < -0.39 is 6.67 Å². The van der Waals surface area contributed by atoms with E-state index in [9.17, 15) is 4.39 Å². The second kappa shape index (κ2) is 8.74. The first-order valence-electron chi connectivity index (χ1n) is 10.0. The molecule has 1 saturated heterocycles. The van der Waals surface area contributed by atoms with Crippen LogP contribution in [0.2, 0.25) is 0 Å². The second-order valence-electron chi connectivity index (χ2n) is 7.31. The van der Waals surface area contributed by atoms with Crippen LogP contribution < -0.4 is 4.90 Å². The van der Waals surface area contributed by atoms with Crippen molar-refractivity contribution in [3.63, 3.8) is 0 Å². The summed E-state index contributed by atoms with van der Waals surface area (Å²) in [4.78, 5) is 11.7. The van der Waals surface area contributed by atoms with Crippen LogP contribution in [0.1, 0.15) is 23.9 Å². The zero-order chi connectivity index (χ0) is 21.1. The number of aryl methyl sites for hydroxylation is 1. The van der Waals surface area contributed by atoms with E-state index in [2.05, 4.69) is 38.2 Å². The minimum Gasteiger partial charge on any atom is -0.377 e. The van der Waals surface area contributed by atoms with Gasteiger partial charge in [0, 0.05) is 31.5 Å².